The van der Waals surface area contributed by atoms with Crippen LogP contribution < -0.4 is 5.43 Å². The van der Waals surface area contributed by atoms with E-state index in [0.29, 0.717) is 23.3 Å². The number of halogens is 1. The lowest BCUT2D eigenvalue weighted by molar-refractivity contribution is 0.528. The molecule has 0 radical (unpaired) electrons. The molecule has 0 aliphatic rings. The van der Waals surface area contributed by atoms with E-state index >= 15 is 0 Å². The highest BCUT2D eigenvalue weighted by Crippen LogP contribution is 2.11. The largest absolute Gasteiger partial charge is 0.464 e. The quantitative estimate of drug-likeness (QED) is 0.507. The SMILES string of the molecule is C=C/C=C\C=C\c1c(C=C)occ(CN=C/C(F)=C\CC)c1=O. The number of aliphatic imine (C=N–C) groups is 1. The van der Waals surface area contributed by atoms with Crippen LogP contribution in [0.1, 0.15) is 30.2 Å². The Morgan fingerprint density at radius 2 is 2.13 bits per heavy atom. The summed E-state index contributed by atoms with van der Waals surface area (Å²) < 4.78 is 18.6. The Morgan fingerprint density at radius 1 is 1.35 bits per heavy atom. The lowest BCUT2D eigenvalue weighted by atomic mass is 10.1. The van der Waals surface area contributed by atoms with Gasteiger partial charge in [0.15, 0.2) is 5.43 Å². The van der Waals surface area contributed by atoms with Gasteiger partial charge in [-0.3, -0.25) is 9.79 Å². The number of rotatable bonds is 8. The Hall–Kier alpha value is -2.75. The van der Waals surface area contributed by atoms with E-state index in [1.54, 1.807) is 30.4 Å². The van der Waals surface area contributed by atoms with E-state index in [1.807, 2.05) is 6.92 Å². The van der Waals surface area contributed by atoms with E-state index in [1.165, 1.54) is 18.4 Å². The average Bonchev–Trinajstić information content (AvgIpc) is 2.54. The number of hydrogen-bond acceptors (Lipinski definition) is 3. The second kappa shape index (κ2) is 10.1. The summed E-state index contributed by atoms with van der Waals surface area (Å²) in [5.74, 6) is -0.0441. The minimum absolute atomic E-state index is 0.0497. The van der Waals surface area contributed by atoms with Crippen LogP contribution in [0.3, 0.4) is 0 Å². The van der Waals surface area contributed by atoms with Crippen LogP contribution >= 0.6 is 0 Å². The molecule has 3 nitrogen and oxygen atoms in total. The van der Waals surface area contributed by atoms with Gasteiger partial charge in [0.2, 0.25) is 0 Å². The Bertz CT molecular complexity index is 721. The van der Waals surface area contributed by atoms with Gasteiger partial charge in [-0.25, -0.2) is 4.39 Å². The number of allylic oxidation sites excluding steroid dienone is 6. The van der Waals surface area contributed by atoms with Gasteiger partial charge in [0.05, 0.1) is 23.9 Å². The highest BCUT2D eigenvalue weighted by molar-refractivity contribution is 5.75. The van der Waals surface area contributed by atoms with Crippen molar-refractivity contribution >= 4 is 18.4 Å². The Kier molecular flexibility index (Phi) is 8.00. The van der Waals surface area contributed by atoms with Gasteiger partial charge < -0.3 is 4.42 Å². The summed E-state index contributed by atoms with van der Waals surface area (Å²) in [6.07, 6.45) is 14.3. The predicted molar refractivity (Wildman–Crippen MR) is 95.1 cm³/mol. The van der Waals surface area contributed by atoms with Crippen molar-refractivity contribution in [2.75, 3.05) is 0 Å². The molecule has 0 bridgehead atoms. The normalized spacial score (nSPS) is 12.5. The standard InChI is InChI=1S/C19H20FNO2/c1-4-7-8-9-11-17-18(6-3)23-14-15(19(17)22)12-21-13-16(20)10-5-2/h4,6-11,13-14H,1,3,5,12H2,2H3/b8-7-,11-9+,16-10+,21-13?. The molecule has 1 heterocycles. The third-order valence-corrected chi connectivity index (χ3v) is 2.81. The molecule has 1 rings (SSSR count). The number of hydrogen-bond donors (Lipinski definition) is 0. The van der Waals surface area contributed by atoms with Crippen LogP contribution in [0.15, 0.2) is 69.8 Å². The smallest absolute Gasteiger partial charge is 0.197 e. The zero-order valence-corrected chi connectivity index (χ0v) is 13.2. The highest BCUT2D eigenvalue weighted by atomic mass is 19.1. The first-order valence-electron chi connectivity index (χ1n) is 7.22. The van der Waals surface area contributed by atoms with Gasteiger partial charge in [0, 0.05) is 0 Å². The molecule has 0 fully saturated rings. The zero-order chi connectivity index (χ0) is 17.1. The molecule has 0 saturated carbocycles. The molecule has 0 saturated heterocycles. The second-order valence-corrected chi connectivity index (χ2v) is 4.52. The number of nitrogens with zero attached hydrogens (tertiary/aromatic N) is 1. The molecule has 0 aliphatic heterocycles. The summed E-state index contributed by atoms with van der Waals surface area (Å²) in [5.41, 5.74) is 0.515. The van der Waals surface area contributed by atoms with Gasteiger partial charge in [-0.2, -0.15) is 0 Å². The van der Waals surface area contributed by atoms with E-state index in [-0.39, 0.29) is 12.0 Å². The molecule has 1 aromatic rings. The first kappa shape index (κ1) is 18.3. The molecule has 0 amide bonds. The lowest BCUT2D eigenvalue weighted by Crippen LogP contribution is -2.12. The highest BCUT2D eigenvalue weighted by Gasteiger charge is 2.08. The van der Waals surface area contributed by atoms with Crippen LogP contribution in [0.5, 0.6) is 0 Å². The molecule has 0 spiro atoms. The van der Waals surface area contributed by atoms with Crippen molar-refractivity contribution in [3.63, 3.8) is 0 Å². The summed E-state index contributed by atoms with van der Waals surface area (Å²) in [5, 5.41) is 0. The third kappa shape index (κ3) is 5.87. The van der Waals surface area contributed by atoms with Gasteiger partial charge in [-0.05, 0) is 24.6 Å². The molecule has 23 heavy (non-hydrogen) atoms. The molecule has 0 unspecified atom stereocenters. The summed E-state index contributed by atoms with van der Waals surface area (Å²) in [6.45, 7) is 9.07. The van der Waals surface area contributed by atoms with Crippen LogP contribution in [-0.4, -0.2) is 6.21 Å². The Labute approximate surface area is 135 Å². The van der Waals surface area contributed by atoms with Crippen LogP contribution in [0, 0.1) is 0 Å². The van der Waals surface area contributed by atoms with Crippen LogP contribution in [0.4, 0.5) is 4.39 Å². The second-order valence-electron chi connectivity index (χ2n) is 4.52. The van der Waals surface area contributed by atoms with Crippen molar-refractivity contribution in [1.29, 1.82) is 0 Å². The van der Waals surface area contributed by atoms with Crippen molar-refractivity contribution < 1.29 is 8.81 Å². The van der Waals surface area contributed by atoms with E-state index in [4.69, 9.17) is 4.42 Å². The zero-order valence-electron chi connectivity index (χ0n) is 13.2. The molecular formula is C19H20FNO2. The molecular weight excluding hydrogens is 293 g/mol. The van der Waals surface area contributed by atoms with Crippen molar-refractivity contribution in [3.8, 4) is 0 Å². The lowest BCUT2D eigenvalue weighted by Gasteiger charge is -2.02. The minimum Gasteiger partial charge on any atom is -0.464 e. The first-order valence-corrected chi connectivity index (χ1v) is 7.22. The van der Waals surface area contributed by atoms with Crippen molar-refractivity contribution in [3.05, 3.63) is 82.7 Å². The molecule has 0 aliphatic carbocycles. The fraction of sp³-hybridized carbons (Fsp3) is 0.158. The summed E-state index contributed by atoms with van der Waals surface area (Å²) in [6, 6.07) is 0. The molecule has 0 aromatic carbocycles. The van der Waals surface area contributed by atoms with Crippen molar-refractivity contribution in [2.24, 2.45) is 4.99 Å². The maximum absolute atomic E-state index is 13.2. The Morgan fingerprint density at radius 3 is 2.78 bits per heavy atom. The maximum atomic E-state index is 13.2. The van der Waals surface area contributed by atoms with Crippen molar-refractivity contribution in [1.82, 2.24) is 0 Å². The van der Waals surface area contributed by atoms with Crippen LogP contribution in [0.25, 0.3) is 12.2 Å². The summed E-state index contributed by atoms with van der Waals surface area (Å²) in [7, 11) is 0. The summed E-state index contributed by atoms with van der Waals surface area (Å²) in [4.78, 5) is 16.4. The van der Waals surface area contributed by atoms with Gasteiger partial charge in [-0.15, -0.1) is 0 Å². The van der Waals surface area contributed by atoms with Crippen LogP contribution in [-0.2, 0) is 6.54 Å². The van der Waals surface area contributed by atoms with E-state index < -0.39 is 5.83 Å². The molecule has 1 aromatic heterocycles. The third-order valence-electron chi connectivity index (χ3n) is 2.81. The topological polar surface area (TPSA) is 42.6 Å². The average molecular weight is 313 g/mol. The fourth-order valence-corrected chi connectivity index (χ4v) is 1.73. The molecule has 4 heteroatoms. The maximum Gasteiger partial charge on any atom is 0.197 e. The molecule has 0 atom stereocenters. The predicted octanol–water partition coefficient (Wildman–Crippen LogP) is 4.87. The first-order chi connectivity index (χ1) is 11.1. The van der Waals surface area contributed by atoms with E-state index in [0.717, 1.165) is 6.21 Å². The Balaban J connectivity index is 3.07. The van der Waals surface area contributed by atoms with Gasteiger partial charge in [0.25, 0.3) is 0 Å². The van der Waals surface area contributed by atoms with Gasteiger partial charge in [0.1, 0.15) is 17.9 Å². The summed E-state index contributed by atoms with van der Waals surface area (Å²) >= 11 is 0. The van der Waals surface area contributed by atoms with Gasteiger partial charge >= 0.3 is 0 Å². The van der Waals surface area contributed by atoms with Crippen molar-refractivity contribution in [2.45, 2.75) is 19.9 Å². The van der Waals surface area contributed by atoms with E-state index in [2.05, 4.69) is 18.2 Å². The minimum atomic E-state index is -0.422. The van der Waals surface area contributed by atoms with Crippen LogP contribution in [0.2, 0.25) is 0 Å². The van der Waals surface area contributed by atoms with Gasteiger partial charge in [-0.1, -0.05) is 44.4 Å². The fourth-order valence-electron chi connectivity index (χ4n) is 1.73. The van der Waals surface area contributed by atoms with E-state index in [9.17, 15) is 9.18 Å². The molecule has 0 N–H and O–H groups in total. The monoisotopic (exact) mass is 313 g/mol. The molecule has 120 valence electrons.